The highest BCUT2D eigenvalue weighted by Gasteiger charge is 2.52. The lowest BCUT2D eigenvalue weighted by atomic mass is 9.83. The minimum absolute atomic E-state index is 0.0416. The maximum Gasteiger partial charge on any atom is 0.165 e. The zero-order valence-corrected chi connectivity index (χ0v) is 11.2. The quantitative estimate of drug-likeness (QED) is 0.849. The molecule has 0 saturated heterocycles. The number of benzene rings is 1. The zero-order valence-electron chi connectivity index (χ0n) is 11.2. The molecule has 2 aliphatic heterocycles. The third-order valence-electron chi connectivity index (χ3n) is 4.93. The van der Waals surface area contributed by atoms with Gasteiger partial charge >= 0.3 is 0 Å². The van der Waals surface area contributed by atoms with E-state index in [2.05, 4.69) is 6.92 Å². The van der Waals surface area contributed by atoms with Crippen LogP contribution in [0.1, 0.15) is 36.5 Å². The first kappa shape index (κ1) is 11.4. The van der Waals surface area contributed by atoms with Crippen molar-refractivity contribution in [2.24, 2.45) is 5.73 Å². The van der Waals surface area contributed by atoms with Crippen LogP contribution in [0.5, 0.6) is 17.2 Å². The van der Waals surface area contributed by atoms with E-state index in [1.807, 2.05) is 0 Å². The molecule has 0 radical (unpaired) electrons. The predicted molar refractivity (Wildman–Crippen MR) is 71.1 cm³/mol. The van der Waals surface area contributed by atoms with E-state index in [9.17, 15) is 5.11 Å². The second kappa shape index (κ2) is 3.57. The Morgan fingerprint density at radius 2 is 1.74 bits per heavy atom. The molecule has 1 atom stereocenters. The Morgan fingerprint density at radius 3 is 2.37 bits per heavy atom. The summed E-state index contributed by atoms with van der Waals surface area (Å²) in [6.07, 6.45) is 3.83. The average Bonchev–Trinajstić information content (AvgIpc) is 2.85. The van der Waals surface area contributed by atoms with E-state index >= 15 is 0 Å². The fourth-order valence-electron chi connectivity index (χ4n) is 3.68. The molecule has 4 heteroatoms. The topological polar surface area (TPSA) is 64.7 Å². The van der Waals surface area contributed by atoms with Crippen LogP contribution in [0.25, 0.3) is 0 Å². The number of fused-ring (bicyclic) bond motifs is 2. The maximum atomic E-state index is 10.3. The summed E-state index contributed by atoms with van der Waals surface area (Å²) in [7, 11) is 0. The molecule has 0 bridgehead atoms. The number of phenols is 1. The minimum Gasteiger partial charge on any atom is -0.504 e. The lowest BCUT2D eigenvalue weighted by molar-refractivity contribution is 0.333. The molecular weight excluding hydrogens is 242 g/mol. The van der Waals surface area contributed by atoms with E-state index in [1.165, 1.54) is 5.56 Å². The van der Waals surface area contributed by atoms with Gasteiger partial charge in [-0.2, -0.15) is 0 Å². The third-order valence-corrected chi connectivity index (χ3v) is 4.93. The first-order valence-corrected chi connectivity index (χ1v) is 7.07. The number of ether oxygens (including phenoxy) is 2. The van der Waals surface area contributed by atoms with Crippen LogP contribution in [0.15, 0.2) is 0 Å². The number of hydrogen-bond acceptors (Lipinski definition) is 4. The largest absolute Gasteiger partial charge is 0.504 e. The molecular formula is C15H19NO3. The number of aromatic hydroxyl groups is 1. The normalized spacial score (nSPS) is 23.3. The van der Waals surface area contributed by atoms with Gasteiger partial charge in [0.2, 0.25) is 0 Å². The Hall–Kier alpha value is -1.42. The zero-order chi connectivity index (χ0) is 13.2. The van der Waals surface area contributed by atoms with Crippen LogP contribution in [0.2, 0.25) is 0 Å². The van der Waals surface area contributed by atoms with Crippen molar-refractivity contribution >= 4 is 0 Å². The third kappa shape index (κ3) is 1.32. The van der Waals surface area contributed by atoms with Crippen LogP contribution >= 0.6 is 0 Å². The fourth-order valence-corrected chi connectivity index (χ4v) is 3.68. The molecule has 1 saturated carbocycles. The van der Waals surface area contributed by atoms with Gasteiger partial charge in [-0.3, -0.25) is 0 Å². The number of rotatable bonds is 2. The summed E-state index contributed by atoms with van der Waals surface area (Å²) in [5, 5.41) is 10.3. The van der Waals surface area contributed by atoms with Crippen LogP contribution in [-0.2, 0) is 18.3 Å². The smallest absolute Gasteiger partial charge is 0.165 e. The van der Waals surface area contributed by atoms with Gasteiger partial charge in [-0.15, -0.1) is 0 Å². The monoisotopic (exact) mass is 261 g/mol. The number of hydrogen-bond donors (Lipinski definition) is 2. The summed E-state index contributed by atoms with van der Waals surface area (Å²) >= 11 is 0. The van der Waals surface area contributed by atoms with E-state index in [4.69, 9.17) is 15.2 Å². The van der Waals surface area contributed by atoms with E-state index in [-0.39, 0.29) is 11.5 Å². The average molecular weight is 261 g/mol. The number of nitrogens with two attached hydrogens (primary N) is 1. The van der Waals surface area contributed by atoms with Crippen molar-refractivity contribution in [2.45, 2.75) is 44.1 Å². The van der Waals surface area contributed by atoms with Crippen LogP contribution in [0, 0.1) is 0 Å². The van der Waals surface area contributed by atoms with E-state index in [0.29, 0.717) is 24.7 Å². The van der Waals surface area contributed by atoms with Gasteiger partial charge in [0.15, 0.2) is 11.5 Å². The van der Waals surface area contributed by atoms with Gasteiger partial charge in [0.25, 0.3) is 0 Å². The summed E-state index contributed by atoms with van der Waals surface area (Å²) in [5.74, 6) is 1.88. The lowest BCUT2D eigenvalue weighted by Crippen LogP contribution is -2.32. The molecule has 4 rings (SSSR count). The van der Waals surface area contributed by atoms with Gasteiger partial charge in [0.1, 0.15) is 5.75 Å². The van der Waals surface area contributed by atoms with Crippen molar-refractivity contribution in [1.82, 2.24) is 0 Å². The molecule has 1 unspecified atom stereocenters. The molecule has 1 aromatic rings. The Bertz CT molecular complexity index is 526. The van der Waals surface area contributed by atoms with E-state index in [1.54, 1.807) is 0 Å². The molecule has 0 aromatic heterocycles. The van der Waals surface area contributed by atoms with Crippen molar-refractivity contribution in [3.8, 4) is 17.2 Å². The molecule has 1 aliphatic carbocycles. The van der Waals surface area contributed by atoms with E-state index in [0.717, 1.165) is 42.6 Å². The molecule has 1 fully saturated rings. The fraction of sp³-hybridized carbons (Fsp3) is 0.600. The molecule has 0 amide bonds. The van der Waals surface area contributed by atoms with Crippen LogP contribution < -0.4 is 15.2 Å². The van der Waals surface area contributed by atoms with Crippen LogP contribution in [0.4, 0.5) is 0 Å². The molecule has 19 heavy (non-hydrogen) atoms. The van der Waals surface area contributed by atoms with Crippen molar-refractivity contribution in [1.29, 1.82) is 0 Å². The van der Waals surface area contributed by atoms with Crippen molar-refractivity contribution in [3.63, 3.8) is 0 Å². The summed E-state index contributed by atoms with van der Waals surface area (Å²) in [5.41, 5.74) is 9.56. The Balaban J connectivity index is 2.01. The maximum absolute atomic E-state index is 10.3. The second-order valence-corrected chi connectivity index (χ2v) is 5.98. The summed E-state index contributed by atoms with van der Waals surface area (Å²) in [4.78, 5) is 0. The van der Waals surface area contributed by atoms with Gasteiger partial charge in [0.05, 0.1) is 13.2 Å². The van der Waals surface area contributed by atoms with Crippen molar-refractivity contribution < 1.29 is 14.6 Å². The highest BCUT2D eigenvalue weighted by atomic mass is 16.5. The molecule has 102 valence electrons. The van der Waals surface area contributed by atoms with Gasteiger partial charge in [-0.1, -0.05) is 0 Å². The highest BCUT2D eigenvalue weighted by molar-refractivity contribution is 5.68. The molecule has 3 N–H and O–H groups in total. The Kier molecular flexibility index (Phi) is 2.14. The number of phenolic OH excluding ortho intramolecular Hbond substituents is 1. The molecule has 2 heterocycles. The van der Waals surface area contributed by atoms with Crippen LogP contribution in [0.3, 0.4) is 0 Å². The summed E-state index contributed by atoms with van der Waals surface area (Å²) in [6, 6.07) is 0.107. The predicted octanol–water partition coefficient (Wildman–Crippen LogP) is 1.64. The molecule has 4 nitrogen and oxygen atoms in total. The van der Waals surface area contributed by atoms with Gasteiger partial charge in [0, 0.05) is 41.0 Å². The first-order chi connectivity index (χ1) is 9.15. The highest BCUT2D eigenvalue weighted by Crippen LogP contribution is 2.60. The first-order valence-electron chi connectivity index (χ1n) is 7.07. The lowest BCUT2D eigenvalue weighted by Gasteiger charge is -2.25. The van der Waals surface area contributed by atoms with Crippen molar-refractivity contribution in [3.05, 3.63) is 16.7 Å². The summed E-state index contributed by atoms with van der Waals surface area (Å²) < 4.78 is 11.5. The van der Waals surface area contributed by atoms with Crippen LogP contribution in [-0.4, -0.2) is 24.4 Å². The SMILES string of the molecule is CC(N)C1(c2c3c(c(O)c4c2OCC4)OCC3)CC1. The Labute approximate surface area is 112 Å². The Morgan fingerprint density at radius 1 is 1.11 bits per heavy atom. The van der Waals surface area contributed by atoms with Gasteiger partial charge < -0.3 is 20.3 Å². The van der Waals surface area contributed by atoms with Gasteiger partial charge in [-0.05, 0) is 19.8 Å². The summed E-state index contributed by atoms with van der Waals surface area (Å²) in [6.45, 7) is 3.37. The molecule has 1 aromatic carbocycles. The second-order valence-electron chi connectivity index (χ2n) is 5.98. The van der Waals surface area contributed by atoms with E-state index < -0.39 is 0 Å². The standard InChI is InChI=1S/C15H19NO3/c1-8(16)15(4-5-15)11-9-2-6-19-14(9)12(17)10-3-7-18-13(10)11/h8,17H,2-7,16H2,1H3. The minimum atomic E-state index is 0.0416. The van der Waals surface area contributed by atoms with Crippen molar-refractivity contribution in [2.75, 3.05) is 13.2 Å². The molecule has 3 aliphatic rings. The molecule has 0 spiro atoms. The van der Waals surface area contributed by atoms with Gasteiger partial charge in [-0.25, -0.2) is 0 Å².